The smallest absolute Gasteiger partial charge is 0.226 e. The van der Waals surface area contributed by atoms with E-state index in [1.54, 1.807) is 0 Å². The minimum absolute atomic E-state index is 0. The summed E-state index contributed by atoms with van der Waals surface area (Å²) in [5.41, 5.74) is 0. The highest BCUT2D eigenvalue weighted by atomic mass is 35.5. The molecule has 0 unspecified atom stereocenters. The average molecular weight is 249 g/mol. The maximum atomic E-state index is 12.2. The van der Waals surface area contributed by atoms with Crippen molar-refractivity contribution in [3.05, 3.63) is 0 Å². The predicted molar refractivity (Wildman–Crippen MR) is 70.0 cm³/mol. The van der Waals surface area contributed by atoms with Crippen LogP contribution in [0.1, 0.15) is 39.5 Å². The number of nitrogens with zero attached hydrogens (tertiary/aromatic N) is 1. The molecule has 0 saturated carbocycles. The van der Waals surface area contributed by atoms with Gasteiger partial charge in [0.05, 0.1) is 5.92 Å². The third kappa shape index (κ3) is 4.71. The Morgan fingerprint density at radius 1 is 1.31 bits per heavy atom. The molecule has 0 bridgehead atoms. The third-order valence-electron chi connectivity index (χ3n) is 2.94. The molecular weight excluding hydrogens is 224 g/mol. The number of carbonyl (C=O) groups excluding carboxylic acids is 1. The first-order chi connectivity index (χ1) is 7.29. The standard InChI is InChI=1S/C12H24N2O.ClH/c1-3-8-14(9-4-2)12(15)11-6-5-7-13-10-11;/h11,13H,3-10H2,1-2H3;1H/t11-;/m1./s1. The summed E-state index contributed by atoms with van der Waals surface area (Å²) in [6, 6.07) is 0. The van der Waals surface area contributed by atoms with E-state index >= 15 is 0 Å². The second kappa shape index (κ2) is 8.82. The van der Waals surface area contributed by atoms with Gasteiger partial charge in [-0.3, -0.25) is 4.79 Å². The fourth-order valence-corrected chi connectivity index (χ4v) is 2.19. The summed E-state index contributed by atoms with van der Waals surface area (Å²) in [5.74, 6) is 0.600. The van der Waals surface area contributed by atoms with Crippen molar-refractivity contribution < 1.29 is 4.79 Å². The molecule has 0 spiro atoms. The van der Waals surface area contributed by atoms with Gasteiger partial charge in [0, 0.05) is 19.6 Å². The van der Waals surface area contributed by atoms with Crippen LogP contribution in [0.15, 0.2) is 0 Å². The SMILES string of the molecule is CCCN(CCC)C(=O)[C@@H]1CCCNC1.Cl. The zero-order valence-corrected chi connectivity index (χ0v) is 11.3. The van der Waals surface area contributed by atoms with E-state index in [-0.39, 0.29) is 18.3 Å². The minimum Gasteiger partial charge on any atom is -0.342 e. The Labute approximate surface area is 105 Å². The molecule has 0 aromatic heterocycles. The molecule has 0 radical (unpaired) electrons. The molecule has 1 aliphatic rings. The van der Waals surface area contributed by atoms with E-state index in [9.17, 15) is 4.79 Å². The number of hydrogen-bond donors (Lipinski definition) is 1. The van der Waals surface area contributed by atoms with E-state index in [2.05, 4.69) is 19.2 Å². The van der Waals surface area contributed by atoms with Crippen LogP contribution in [0, 0.1) is 5.92 Å². The highest BCUT2D eigenvalue weighted by Gasteiger charge is 2.24. The molecule has 1 amide bonds. The number of piperidine rings is 1. The molecule has 4 heteroatoms. The van der Waals surface area contributed by atoms with Crippen molar-refractivity contribution in [3.63, 3.8) is 0 Å². The molecule has 16 heavy (non-hydrogen) atoms. The maximum absolute atomic E-state index is 12.2. The van der Waals surface area contributed by atoms with Crippen LogP contribution in [-0.4, -0.2) is 37.0 Å². The van der Waals surface area contributed by atoms with Gasteiger partial charge in [-0.25, -0.2) is 0 Å². The first-order valence-electron chi connectivity index (χ1n) is 6.29. The quantitative estimate of drug-likeness (QED) is 0.808. The van der Waals surface area contributed by atoms with Gasteiger partial charge in [0.25, 0.3) is 0 Å². The molecule has 3 nitrogen and oxygen atoms in total. The van der Waals surface area contributed by atoms with Crippen molar-refractivity contribution in [3.8, 4) is 0 Å². The fraction of sp³-hybridized carbons (Fsp3) is 0.917. The van der Waals surface area contributed by atoms with Gasteiger partial charge in [-0.1, -0.05) is 13.8 Å². The van der Waals surface area contributed by atoms with E-state index in [0.29, 0.717) is 5.91 Å². The van der Waals surface area contributed by atoms with E-state index < -0.39 is 0 Å². The Hall–Kier alpha value is -0.280. The van der Waals surface area contributed by atoms with Crippen LogP contribution in [0.3, 0.4) is 0 Å². The second-order valence-electron chi connectivity index (χ2n) is 4.37. The zero-order chi connectivity index (χ0) is 11.1. The molecule has 0 aromatic carbocycles. The summed E-state index contributed by atoms with van der Waals surface area (Å²) < 4.78 is 0. The second-order valence-corrected chi connectivity index (χ2v) is 4.37. The Balaban J connectivity index is 0.00000225. The minimum atomic E-state index is 0. The summed E-state index contributed by atoms with van der Waals surface area (Å²) in [7, 11) is 0. The third-order valence-corrected chi connectivity index (χ3v) is 2.94. The van der Waals surface area contributed by atoms with Crippen LogP contribution in [-0.2, 0) is 4.79 Å². The number of hydrogen-bond acceptors (Lipinski definition) is 2. The fourth-order valence-electron chi connectivity index (χ4n) is 2.19. The lowest BCUT2D eigenvalue weighted by molar-refractivity contribution is -0.136. The van der Waals surface area contributed by atoms with E-state index in [1.807, 2.05) is 4.90 Å². The van der Waals surface area contributed by atoms with Crippen LogP contribution < -0.4 is 5.32 Å². The summed E-state index contributed by atoms with van der Waals surface area (Å²) in [6.07, 6.45) is 4.33. The topological polar surface area (TPSA) is 32.3 Å². The molecule has 1 rings (SSSR count). The molecule has 96 valence electrons. The Morgan fingerprint density at radius 2 is 1.94 bits per heavy atom. The molecular formula is C12H25ClN2O. The number of halogens is 1. The lowest BCUT2D eigenvalue weighted by Gasteiger charge is -2.29. The normalized spacial score (nSPS) is 20.0. The average Bonchev–Trinajstić information content (AvgIpc) is 2.29. The molecule has 0 aliphatic carbocycles. The summed E-state index contributed by atoms with van der Waals surface area (Å²) in [6.45, 7) is 8.06. The van der Waals surface area contributed by atoms with E-state index in [1.165, 1.54) is 0 Å². The molecule has 1 saturated heterocycles. The van der Waals surface area contributed by atoms with Crippen molar-refractivity contribution in [2.24, 2.45) is 5.92 Å². The van der Waals surface area contributed by atoms with Crippen molar-refractivity contribution in [1.29, 1.82) is 0 Å². The molecule has 1 heterocycles. The summed E-state index contributed by atoms with van der Waals surface area (Å²) in [5, 5.41) is 3.31. The Morgan fingerprint density at radius 3 is 2.38 bits per heavy atom. The van der Waals surface area contributed by atoms with Gasteiger partial charge >= 0.3 is 0 Å². The van der Waals surface area contributed by atoms with Gasteiger partial charge in [-0.05, 0) is 32.2 Å². The van der Waals surface area contributed by atoms with Gasteiger partial charge in [0.1, 0.15) is 0 Å². The van der Waals surface area contributed by atoms with Gasteiger partial charge in [-0.15, -0.1) is 12.4 Å². The first kappa shape index (κ1) is 15.7. The largest absolute Gasteiger partial charge is 0.342 e. The van der Waals surface area contributed by atoms with E-state index in [4.69, 9.17) is 0 Å². The first-order valence-corrected chi connectivity index (χ1v) is 6.29. The van der Waals surface area contributed by atoms with Crippen molar-refractivity contribution >= 4 is 18.3 Å². The van der Waals surface area contributed by atoms with Crippen LogP contribution in [0.25, 0.3) is 0 Å². The molecule has 1 fully saturated rings. The number of amides is 1. The molecule has 1 N–H and O–H groups in total. The Bertz CT molecular complexity index is 187. The lowest BCUT2D eigenvalue weighted by Crippen LogP contribution is -2.43. The number of rotatable bonds is 5. The number of nitrogens with one attached hydrogen (secondary N) is 1. The van der Waals surface area contributed by atoms with Crippen LogP contribution >= 0.6 is 12.4 Å². The molecule has 1 atom stereocenters. The zero-order valence-electron chi connectivity index (χ0n) is 10.5. The van der Waals surface area contributed by atoms with E-state index in [0.717, 1.165) is 51.9 Å². The van der Waals surface area contributed by atoms with Crippen LogP contribution in [0.2, 0.25) is 0 Å². The van der Waals surface area contributed by atoms with Gasteiger partial charge in [-0.2, -0.15) is 0 Å². The van der Waals surface area contributed by atoms with Crippen molar-refractivity contribution in [1.82, 2.24) is 10.2 Å². The predicted octanol–water partition coefficient (Wildman–Crippen LogP) is 2.06. The monoisotopic (exact) mass is 248 g/mol. The highest BCUT2D eigenvalue weighted by Crippen LogP contribution is 2.13. The highest BCUT2D eigenvalue weighted by molar-refractivity contribution is 5.85. The van der Waals surface area contributed by atoms with Gasteiger partial charge < -0.3 is 10.2 Å². The number of carbonyl (C=O) groups is 1. The summed E-state index contributed by atoms with van der Waals surface area (Å²) >= 11 is 0. The van der Waals surface area contributed by atoms with Crippen molar-refractivity contribution in [2.45, 2.75) is 39.5 Å². The lowest BCUT2D eigenvalue weighted by atomic mass is 9.98. The van der Waals surface area contributed by atoms with Crippen LogP contribution in [0.5, 0.6) is 0 Å². The molecule has 0 aromatic rings. The van der Waals surface area contributed by atoms with Gasteiger partial charge in [0.15, 0.2) is 0 Å². The molecule has 1 aliphatic heterocycles. The van der Waals surface area contributed by atoms with Crippen molar-refractivity contribution in [2.75, 3.05) is 26.2 Å². The Kier molecular flexibility index (Phi) is 8.67. The van der Waals surface area contributed by atoms with Crippen LogP contribution in [0.4, 0.5) is 0 Å². The summed E-state index contributed by atoms with van der Waals surface area (Å²) in [4.78, 5) is 14.2. The van der Waals surface area contributed by atoms with Gasteiger partial charge in [0.2, 0.25) is 5.91 Å². The maximum Gasteiger partial charge on any atom is 0.226 e.